The van der Waals surface area contributed by atoms with Crippen molar-refractivity contribution in [3.05, 3.63) is 0 Å². The number of carbonyl (C=O) groups is 6. The minimum absolute atomic E-state index is 0.591. The van der Waals surface area contributed by atoms with Crippen molar-refractivity contribution in [2.75, 3.05) is 0 Å². The van der Waals surface area contributed by atoms with Crippen molar-refractivity contribution < 1.29 is 33.5 Å². The summed E-state index contributed by atoms with van der Waals surface area (Å²) in [5, 5.41) is 4.18. The van der Waals surface area contributed by atoms with Crippen LogP contribution in [0.5, 0.6) is 0 Å². The molecule has 0 heterocycles. The van der Waals surface area contributed by atoms with Crippen molar-refractivity contribution >= 4 is 35.6 Å². The second kappa shape index (κ2) is 9.12. The van der Waals surface area contributed by atoms with Gasteiger partial charge in [-0.1, -0.05) is 0 Å². The summed E-state index contributed by atoms with van der Waals surface area (Å²) in [6.45, 7) is 2.16. The van der Waals surface area contributed by atoms with Crippen LogP contribution in [-0.4, -0.2) is 47.7 Å². The molecule has 0 aromatic heterocycles. The molecule has 23 heavy (non-hydrogen) atoms. The molecule has 11 heteroatoms. The molecule has 0 saturated heterocycles. The molecule has 0 fully saturated rings. The van der Waals surface area contributed by atoms with Crippen LogP contribution in [-0.2, 0) is 33.5 Å². The summed E-state index contributed by atoms with van der Waals surface area (Å²) in [4.78, 5) is 67.3. The summed E-state index contributed by atoms with van der Waals surface area (Å²) in [7, 11) is 0. The fraction of sp³-hybridized carbons (Fsp3) is 0.500. The second-order valence-corrected chi connectivity index (χ2v) is 4.59. The first-order chi connectivity index (χ1) is 10.5. The molecule has 0 unspecified atom stereocenters. The first kappa shape index (κ1) is 20.0. The number of ether oxygens (including phenoxy) is 1. The van der Waals surface area contributed by atoms with Crippen LogP contribution in [0.4, 0.5) is 0 Å². The lowest BCUT2D eigenvalue weighted by atomic mass is 10.2. The molecular formula is C12H18N4O7. The molecule has 4 amide bonds. The van der Waals surface area contributed by atoms with Crippen LogP contribution in [0.1, 0.15) is 26.7 Å². The van der Waals surface area contributed by atoms with E-state index in [9.17, 15) is 28.8 Å². The Morgan fingerprint density at radius 1 is 0.783 bits per heavy atom. The van der Waals surface area contributed by atoms with Crippen molar-refractivity contribution in [3.63, 3.8) is 0 Å². The van der Waals surface area contributed by atoms with Crippen LogP contribution < -0.4 is 22.1 Å². The molecule has 6 N–H and O–H groups in total. The Hall–Kier alpha value is -2.98. The molecule has 0 spiro atoms. The highest BCUT2D eigenvalue weighted by Crippen LogP contribution is 2.01. The van der Waals surface area contributed by atoms with Gasteiger partial charge in [0.2, 0.25) is 23.6 Å². The van der Waals surface area contributed by atoms with Crippen LogP contribution in [0.2, 0.25) is 0 Å². The Labute approximate surface area is 131 Å². The zero-order chi connectivity index (χ0) is 18.2. The molecule has 0 radical (unpaired) electrons. The number of nitrogens with two attached hydrogens (primary N) is 2. The van der Waals surface area contributed by atoms with Crippen molar-refractivity contribution in [2.24, 2.45) is 11.5 Å². The maximum absolute atomic E-state index is 11.8. The van der Waals surface area contributed by atoms with Crippen molar-refractivity contribution in [3.8, 4) is 0 Å². The minimum atomic E-state index is -1.47. The third-order valence-electron chi connectivity index (χ3n) is 2.34. The Morgan fingerprint density at radius 2 is 1.09 bits per heavy atom. The topological polar surface area (TPSA) is 188 Å². The summed E-state index contributed by atoms with van der Waals surface area (Å²) in [6.07, 6.45) is -1.18. The smallest absolute Gasteiger partial charge is 0.336 e. The number of esters is 2. The van der Waals surface area contributed by atoms with Crippen LogP contribution in [0, 0.1) is 0 Å². The third-order valence-corrected chi connectivity index (χ3v) is 2.34. The maximum atomic E-state index is 11.8. The Balaban J connectivity index is 4.99. The zero-order valence-electron chi connectivity index (χ0n) is 12.6. The largest absolute Gasteiger partial charge is 0.390 e. The van der Waals surface area contributed by atoms with Gasteiger partial charge in [-0.3, -0.25) is 19.2 Å². The van der Waals surface area contributed by atoms with Crippen molar-refractivity contribution in [2.45, 2.75) is 38.8 Å². The van der Waals surface area contributed by atoms with Crippen LogP contribution in [0.25, 0.3) is 0 Å². The normalized spacial score (nSPS) is 12.4. The van der Waals surface area contributed by atoms with E-state index in [0.717, 1.165) is 13.8 Å². The molecule has 0 saturated carbocycles. The van der Waals surface area contributed by atoms with Gasteiger partial charge in [0.05, 0.1) is 12.8 Å². The van der Waals surface area contributed by atoms with Gasteiger partial charge < -0.3 is 26.8 Å². The van der Waals surface area contributed by atoms with Gasteiger partial charge in [-0.15, -0.1) is 0 Å². The first-order valence-electron chi connectivity index (χ1n) is 6.39. The summed E-state index contributed by atoms with van der Waals surface area (Å²) in [5.74, 6) is -5.66. The monoisotopic (exact) mass is 330 g/mol. The van der Waals surface area contributed by atoms with Gasteiger partial charge in [-0.05, 0) is 0 Å². The van der Waals surface area contributed by atoms with E-state index < -0.39 is 60.5 Å². The molecule has 128 valence electrons. The number of primary amides is 2. The fourth-order valence-corrected chi connectivity index (χ4v) is 1.52. The van der Waals surface area contributed by atoms with Crippen LogP contribution >= 0.6 is 0 Å². The fourth-order valence-electron chi connectivity index (χ4n) is 1.52. The lowest BCUT2D eigenvalue weighted by molar-refractivity contribution is -0.165. The van der Waals surface area contributed by atoms with Gasteiger partial charge in [0, 0.05) is 13.8 Å². The summed E-state index contributed by atoms with van der Waals surface area (Å²) in [5.41, 5.74) is 9.86. The standard InChI is InChI=1S/C12H18N4O7/c1-5(17)15-7(3-9(13)19)11(21)23-12(22)8(4-10(14)20)16-6(2)18/h7-8H,3-4H2,1-2H3,(H2,13,19)(H2,14,20)(H,15,17)(H,16,18)/t7-,8-/m0/s1. The van der Waals surface area contributed by atoms with E-state index in [-0.39, 0.29) is 0 Å². The van der Waals surface area contributed by atoms with Gasteiger partial charge in [-0.25, -0.2) is 9.59 Å². The number of hydrogen-bond acceptors (Lipinski definition) is 7. The molecule has 0 rings (SSSR count). The van der Waals surface area contributed by atoms with E-state index in [4.69, 9.17) is 11.5 Å². The summed E-state index contributed by atoms with van der Waals surface area (Å²) >= 11 is 0. The van der Waals surface area contributed by atoms with E-state index in [1.54, 1.807) is 0 Å². The molecule has 0 aliphatic carbocycles. The Bertz CT molecular complexity index is 454. The van der Waals surface area contributed by atoms with E-state index >= 15 is 0 Å². The lowest BCUT2D eigenvalue weighted by Gasteiger charge is -2.18. The van der Waals surface area contributed by atoms with Crippen LogP contribution in [0.15, 0.2) is 0 Å². The van der Waals surface area contributed by atoms with Gasteiger partial charge in [0.25, 0.3) is 0 Å². The van der Waals surface area contributed by atoms with E-state index in [0.29, 0.717) is 0 Å². The highest BCUT2D eigenvalue weighted by molar-refractivity contribution is 5.97. The quantitative estimate of drug-likeness (QED) is 0.266. The van der Waals surface area contributed by atoms with Crippen LogP contribution in [0.3, 0.4) is 0 Å². The molecule has 0 aliphatic heterocycles. The molecule has 0 bridgehead atoms. The average molecular weight is 330 g/mol. The van der Waals surface area contributed by atoms with Gasteiger partial charge in [0.15, 0.2) is 0 Å². The van der Waals surface area contributed by atoms with Gasteiger partial charge >= 0.3 is 11.9 Å². The molecule has 0 aromatic rings. The lowest BCUT2D eigenvalue weighted by Crippen LogP contribution is -2.48. The van der Waals surface area contributed by atoms with Gasteiger partial charge in [-0.2, -0.15) is 0 Å². The number of rotatable bonds is 8. The average Bonchev–Trinajstić information content (AvgIpc) is 2.34. The van der Waals surface area contributed by atoms with Gasteiger partial charge in [0.1, 0.15) is 12.1 Å². The number of carbonyl (C=O) groups excluding carboxylic acids is 6. The molecule has 0 aromatic carbocycles. The van der Waals surface area contributed by atoms with E-state index in [1.165, 1.54) is 0 Å². The number of hydrogen-bond donors (Lipinski definition) is 4. The maximum Gasteiger partial charge on any atom is 0.336 e. The second-order valence-electron chi connectivity index (χ2n) is 4.59. The number of amides is 4. The third kappa shape index (κ3) is 8.80. The Morgan fingerprint density at radius 3 is 1.30 bits per heavy atom. The van der Waals surface area contributed by atoms with E-state index in [1.807, 2.05) is 0 Å². The Kier molecular flexibility index (Phi) is 7.94. The molecule has 11 nitrogen and oxygen atoms in total. The predicted octanol–water partition coefficient (Wildman–Crippen LogP) is -3.18. The summed E-state index contributed by atoms with van der Waals surface area (Å²) < 4.78 is 4.46. The zero-order valence-corrected chi connectivity index (χ0v) is 12.6. The minimum Gasteiger partial charge on any atom is -0.390 e. The van der Waals surface area contributed by atoms with E-state index in [2.05, 4.69) is 15.4 Å². The predicted molar refractivity (Wildman–Crippen MR) is 73.9 cm³/mol. The molecule has 0 aliphatic rings. The van der Waals surface area contributed by atoms with Crippen molar-refractivity contribution in [1.29, 1.82) is 0 Å². The summed E-state index contributed by atoms with van der Waals surface area (Å²) in [6, 6.07) is -2.94. The first-order valence-corrected chi connectivity index (χ1v) is 6.39. The van der Waals surface area contributed by atoms with Crippen molar-refractivity contribution in [1.82, 2.24) is 10.6 Å². The SMILES string of the molecule is CC(=O)N[C@@H](CC(N)=O)C(=O)OC(=O)[C@H](CC(N)=O)NC(C)=O. The molecular weight excluding hydrogens is 312 g/mol. The molecule has 2 atom stereocenters. The number of nitrogens with one attached hydrogen (secondary N) is 2. The highest BCUT2D eigenvalue weighted by Gasteiger charge is 2.30. The highest BCUT2D eigenvalue weighted by atomic mass is 16.6.